The molecule has 1 aromatic rings. The standard InChI is InChI=1S/C22H39N5S/c1-6-23-22(25(4)18-20-8-10-21(28-5)11-9-20)24-16-19(3)17-27-14-12-26(7-2)13-15-27/h8-11,19H,6-7,12-18H2,1-5H3,(H,23,24). The first kappa shape index (κ1) is 23.0. The monoisotopic (exact) mass is 405 g/mol. The maximum atomic E-state index is 4.93. The van der Waals surface area contributed by atoms with E-state index in [0.717, 1.165) is 32.1 Å². The van der Waals surface area contributed by atoms with E-state index in [1.807, 2.05) is 0 Å². The van der Waals surface area contributed by atoms with Crippen molar-refractivity contribution in [2.75, 3.05) is 65.7 Å². The van der Waals surface area contributed by atoms with E-state index in [9.17, 15) is 0 Å². The van der Waals surface area contributed by atoms with Crippen LogP contribution in [0.2, 0.25) is 0 Å². The van der Waals surface area contributed by atoms with E-state index in [1.54, 1.807) is 11.8 Å². The first-order valence-corrected chi connectivity index (χ1v) is 11.8. The topological polar surface area (TPSA) is 34.1 Å². The molecule has 1 aromatic carbocycles. The third kappa shape index (κ3) is 7.64. The van der Waals surface area contributed by atoms with Crippen LogP contribution in [0.3, 0.4) is 0 Å². The van der Waals surface area contributed by atoms with Gasteiger partial charge in [-0.3, -0.25) is 4.99 Å². The van der Waals surface area contributed by atoms with E-state index < -0.39 is 0 Å². The normalized spacial score (nSPS) is 17.5. The highest BCUT2D eigenvalue weighted by Crippen LogP contribution is 2.15. The van der Waals surface area contributed by atoms with Gasteiger partial charge in [-0.05, 0) is 43.3 Å². The number of aliphatic imine (C=N–C) groups is 1. The number of thioether (sulfide) groups is 1. The fourth-order valence-corrected chi connectivity index (χ4v) is 3.99. The van der Waals surface area contributed by atoms with Gasteiger partial charge in [-0.1, -0.05) is 26.0 Å². The van der Waals surface area contributed by atoms with Gasteiger partial charge in [0.2, 0.25) is 0 Å². The Labute approximate surface area is 176 Å². The maximum Gasteiger partial charge on any atom is 0.193 e. The summed E-state index contributed by atoms with van der Waals surface area (Å²) < 4.78 is 0. The Kier molecular flexibility index (Phi) is 10.2. The quantitative estimate of drug-likeness (QED) is 0.388. The van der Waals surface area contributed by atoms with Crippen molar-refractivity contribution in [3.8, 4) is 0 Å². The Bertz CT molecular complexity index is 581. The van der Waals surface area contributed by atoms with E-state index in [4.69, 9.17) is 4.99 Å². The lowest BCUT2D eigenvalue weighted by Crippen LogP contribution is -2.47. The zero-order valence-corrected chi connectivity index (χ0v) is 19.3. The van der Waals surface area contributed by atoms with Gasteiger partial charge in [-0.2, -0.15) is 0 Å². The first-order valence-electron chi connectivity index (χ1n) is 10.6. The van der Waals surface area contributed by atoms with Crippen LogP contribution in [0.4, 0.5) is 0 Å². The number of piperazine rings is 1. The molecule has 1 unspecified atom stereocenters. The van der Waals surface area contributed by atoms with Gasteiger partial charge < -0.3 is 20.0 Å². The fourth-order valence-electron chi connectivity index (χ4n) is 3.58. The summed E-state index contributed by atoms with van der Waals surface area (Å²) in [5.41, 5.74) is 1.31. The van der Waals surface area contributed by atoms with Crippen LogP contribution in [0.25, 0.3) is 0 Å². The number of likely N-dealkylation sites (N-methyl/N-ethyl adjacent to an activating group) is 1. The maximum absolute atomic E-state index is 4.93. The lowest BCUT2D eigenvalue weighted by molar-refractivity contribution is 0.125. The molecule has 0 aliphatic carbocycles. The van der Waals surface area contributed by atoms with Crippen LogP contribution in [0.1, 0.15) is 26.3 Å². The molecule has 0 spiro atoms. The fraction of sp³-hybridized carbons (Fsp3) is 0.682. The molecule has 158 valence electrons. The second-order valence-corrected chi connectivity index (χ2v) is 8.62. The lowest BCUT2D eigenvalue weighted by Gasteiger charge is -2.35. The molecule has 1 heterocycles. The van der Waals surface area contributed by atoms with Gasteiger partial charge in [0.05, 0.1) is 0 Å². The van der Waals surface area contributed by atoms with Crippen molar-refractivity contribution in [2.24, 2.45) is 10.9 Å². The number of hydrogen-bond acceptors (Lipinski definition) is 4. The molecule has 0 amide bonds. The molecule has 1 atom stereocenters. The molecular weight excluding hydrogens is 366 g/mol. The van der Waals surface area contributed by atoms with E-state index in [0.29, 0.717) is 5.92 Å². The van der Waals surface area contributed by atoms with E-state index in [2.05, 4.69) is 78.4 Å². The van der Waals surface area contributed by atoms with Gasteiger partial charge in [0.15, 0.2) is 5.96 Å². The van der Waals surface area contributed by atoms with Gasteiger partial charge >= 0.3 is 0 Å². The van der Waals surface area contributed by atoms with Crippen LogP contribution in [0.15, 0.2) is 34.2 Å². The van der Waals surface area contributed by atoms with Gasteiger partial charge in [0, 0.05) is 64.3 Å². The van der Waals surface area contributed by atoms with Crippen LogP contribution >= 0.6 is 11.8 Å². The predicted octanol–water partition coefficient (Wildman–Crippen LogP) is 3.08. The van der Waals surface area contributed by atoms with Gasteiger partial charge in [-0.15, -0.1) is 11.8 Å². The summed E-state index contributed by atoms with van der Waals surface area (Å²) in [6.07, 6.45) is 2.11. The van der Waals surface area contributed by atoms with E-state index in [-0.39, 0.29) is 0 Å². The van der Waals surface area contributed by atoms with Crippen LogP contribution in [-0.2, 0) is 6.54 Å². The molecule has 0 radical (unpaired) electrons. The Morgan fingerprint density at radius 3 is 2.36 bits per heavy atom. The number of hydrogen-bond donors (Lipinski definition) is 1. The molecule has 1 aliphatic heterocycles. The van der Waals surface area contributed by atoms with Crippen molar-refractivity contribution in [3.05, 3.63) is 29.8 Å². The highest BCUT2D eigenvalue weighted by atomic mass is 32.2. The molecule has 0 bridgehead atoms. The highest BCUT2D eigenvalue weighted by molar-refractivity contribution is 7.98. The zero-order chi connectivity index (χ0) is 20.4. The second kappa shape index (κ2) is 12.3. The second-order valence-electron chi connectivity index (χ2n) is 7.74. The smallest absolute Gasteiger partial charge is 0.193 e. The number of guanidine groups is 1. The summed E-state index contributed by atoms with van der Waals surface area (Å²) >= 11 is 1.78. The van der Waals surface area contributed by atoms with Crippen molar-refractivity contribution in [2.45, 2.75) is 32.2 Å². The Hall–Kier alpha value is -1.24. The van der Waals surface area contributed by atoms with Crippen molar-refractivity contribution in [1.82, 2.24) is 20.0 Å². The molecule has 1 fully saturated rings. The minimum absolute atomic E-state index is 0.566. The van der Waals surface area contributed by atoms with E-state index >= 15 is 0 Å². The largest absolute Gasteiger partial charge is 0.357 e. The van der Waals surface area contributed by atoms with Crippen LogP contribution in [-0.4, -0.2) is 86.3 Å². The third-order valence-corrected chi connectivity index (χ3v) is 6.05. The molecule has 5 nitrogen and oxygen atoms in total. The summed E-state index contributed by atoms with van der Waals surface area (Å²) in [4.78, 5) is 13.6. The molecular formula is C22H39N5S. The van der Waals surface area contributed by atoms with E-state index in [1.165, 1.54) is 43.2 Å². The van der Waals surface area contributed by atoms with Gasteiger partial charge in [0.1, 0.15) is 0 Å². The van der Waals surface area contributed by atoms with Crippen LogP contribution in [0, 0.1) is 5.92 Å². The predicted molar refractivity (Wildman–Crippen MR) is 123 cm³/mol. The average molecular weight is 406 g/mol. The van der Waals surface area contributed by atoms with Gasteiger partial charge in [-0.25, -0.2) is 0 Å². The van der Waals surface area contributed by atoms with Crippen molar-refractivity contribution in [3.63, 3.8) is 0 Å². The molecule has 2 rings (SSSR count). The molecule has 1 aliphatic rings. The van der Waals surface area contributed by atoms with Crippen molar-refractivity contribution < 1.29 is 0 Å². The first-order chi connectivity index (χ1) is 13.5. The number of nitrogens with one attached hydrogen (secondary N) is 1. The summed E-state index contributed by atoms with van der Waals surface area (Å²) in [7, 11) is 2.12. The molecule has 0 saturated carbocycles. The zero-order valence-electron chi connectivity index (χ0n) is 18.4. The SMILES string of the molecule is CCNC(=NCC(C)CN1CCN(CC)CC1)N(C)Cc1ccc(SC)cc1. The third-order valence-electron chi connectivity index (χ3n) is 5.31. The number of nitrogens with zero attached hydrogens (tertiary/aromatic N) is 4. The lowest BCUT2D eigenvalue weighted by atomic mass is 10.1. The molecule has 0 aromatic heterocycles. The Morgan fingerprint density at radius 1 is 1.14 bits per heavy atom. The summed E-state index contributed by atoms with van der Waals surface area (Å²) in [5, 5.41) is 3.45. The average Bonchev–Trinajstić information content (AvgIpc) is 2.72. The van der Waals surface area contributed by atoms with Crippen LogP contribution < -0.4 is 5.32 Å². The molecule has 28 heavy (non-hydrogen) atoms. The van der Waals surface area contributed by atoms with Crippen molar-refractivity contribution in [1.29, 1.82) is 0 Å². The Balaban J connectivity index is 1.85. The number of benzene rings is 1. The van der Waals surface area contributed by atoms with Crippen molar-refractivity contribution >= 4 is 17.7 Å². The Morgan fingerprint density at radius 2 is 1.79 bits per heavy atom. The minimum Gasteiger partial charge on any atom is -0.357 e. The minimum atomic E-state index is 0.566. The summed E-state index contributed by atoms with van der Waals surface area (Å²) in [5.74, 6) is 1.56. The van der Waals surface area contributed by atoms with Gasteiger partial charge in [0.25, 0.3) is 0 Å². The highest BCUT2D eigenvalue weighted by Gasteiger charge is 2.17. The van der Waals surface area contributed by atoms with Crippen LogP contribution in [0.5, 0.6) is 0 Å². The number of rotatable bonds is 9. The molecule has 1 saturated heterocycles. The summed E-state index contributed by atoms with van der Waals surface area (Å²) in [6.45, 7) is 16.4. The molecule has 1 N–H and O–H groups in total. The summed E-state index contributed by atoms with van der Waals surface area (Å²) in [6, 6.07) is 8.81. The molecule has 6 heteroatoms.